The van der Waals surface area contributed by atoms with E-state index in [1.165, 1.54) is 63.3 Å². The summed E-state index contributed by atoms with van der Waals surface area (Å²) in [5.41, 5.74) is 12.5. The molecule has 7 aromatic carbocycles. The predicted molar refractivity (Wildman–Crippen MR) is 289 cm³/mol. The molecule has 0 saturated heterocycles. The molecule has 3 aromatic heterocycles. The van der Waals surface area contributed by atoms with Gasteiger partial charge in [-0.3, -0.25) is 4.98 Å². The normalized spacial score (nSPS) is 13.2. The van der Waals surface area contributed by atoms with E-state index in [1.807, 2.05) is 48.7 Å². The van der Waals surface area contributed by atoms with Gasteiger partial charge in [0.1, 0.15) is 0 Å². The maximum atomic E-state index is 9.09. The molecule has 3 nitrogen and oxygen atoms in total. The van der Waals surface area contributed by atoms with Crippen molar-refractivity contribution in [3.8, 4) is 39.5 Å². The van der Waals surface area contributed by atoms with Crippen molar-refractivity contribution in [2.24, 2.45) is 5.41 Å². The van der Waals surface area contributed by atoms with Crippen LogP contribution >= 0.6 is 11.3 Å². The van der Waals surface area contributed by atoms with Gasteiger partial charge in [0.2, 0.25) is 0 Å². The third-order valence-electron chi connectivity index (χ3n) is 13.1. The molecule has 6 heteroatoms. The van der Waals surface area contributed by atoms with Crippen LogP contribution < -0.4 is 4.40 Å². The Morgan fingerprint density at radius 1 is 0.657 bits per heavy atom. The van der Waals surface area contributed by atoms with Gasteiger partial charge in [0.15, 0.2) is 0 Å². The van der Waals surface area contributed by atoms with E-state index in [-0.39, 0.29) is 25.5 Å². The Kier molecular flexibility index (Phi) is 13.6. The van der Waals surface area contributed by atoms with Gasteiger partial charge in [-0.2, -0.15) is 11.3 Å². The van der Waals surface area contributed by atoms with Gasteiger partial charge in [-0.1, -0.05) is 130 Å². The number of nitrogens with zero attached hydrogens (tertiary/aromatic N) is 3. The SMILES string of the molecule is CC(C)c1cccc(C(C)C)c1-n1c(-c2[c-]ccc3c2sc2cc(-c4ccccc4)ccc23)nc2ccc3ccccc3c21.[2H]C(C)(c1cc(-c2[c-]cccc2)nc[c]1[Ge]([CH3])([CH3])[CH3])C(C)(C)C.[Ir]. The minimum atomic E-state index is -2.12. The number of hydrogen-bond acceptors (Lipinski definition) is 3. The van der Waals surface area contributed by atoms with Crippen molar-refractivity contribution in [3.63, 3.8) is 0 Å². The van der Waals surface area contributed by atoms with E-state index in [0.29, 0.717) is 11.8 Å². The van der Waals surface area contributed by atoms with Gasteiger partial charge in [-0.15, -0.1) is 18.2 Å². The van der Waals surface area contributed by atoms with Crippen LogP contribution in [0.3, 0.4) is 0 Å². The number of aromatic nitrogens is 3. The summed E-state index contributed by atoms with van der Waals surface area (Å²) in [5.74, 6) is 8.10. The Bertz CT molecular complexity index is 3390. The second kappa shape index (κ2) is 19.4. The molecule has 67 heavy (non-hydrogen) atoms. The first kappa shape index (κ1) is 46.9. The summed E-state index contributed by atoms with van der Waals surface area (Å²) >= 11 is -0.275. The van der Waals surface area contributed by atoms with Crippen LogP contribution in [0, 0.1) is 17.5 Å². The van der Waals surface area contributed by atoms with Crippen molar-refractivity contribution in [3.05, 3.63) is 181 Å². The predicted octanol–water partition coefficient (Wildman–Crippen LogP) is 17.2. The van der Waals surface area contributed by atoms with Crippen molar-refractivity contribution in [2.75, 3.05) is 0 Å². The zero-order valence-electron chi connectivity index (χ0n) is 41.7. The number of benzene rings is 7. The van der Waals surface area contributed by atoms with Gasteiger partial charge in [-0.05, 0) is 61.7 Å². The second-order valence-corrected chi connectivity index (χ2v) is 31.9. The number of thiophene rings is 1. The average molecular weight is 1130 g/mol. The minimum absolute atomic E-state index is 0. The van der Waals surface area contributed by atoms with Gasteiger partial charge >= 0.3 is 140 Å². The molecule has 3 heterocycles. The maximum Gasteiger partial charge on any atom is 0 e. The Balaban J connectivity index is 0.000000222. The van der Waals surface area contributed by atoms with Gasteiger partial charge in [0, 0.05) is 35.9 Å². The third kappa shape index (κ3) is 9.51. The minimum Gasteiger partial charge on any atom is 0 e. The molecule has 0 spiro atoms. The molecular weight excluding hydrogens is 1070 g/mol. The third-order valence-corrected chi connectivity index (χ3v) is 18.5. The summed E-state index contributed by atoms with van der Waals surface area (Å²) < 4.78 is 15.4. The largest absolute Gasteiger partial charge is 0 e. The van der Waals surface area contributed by atoms with Crippen LogP contribution in [-0.4, -0.2) is 27.8 Å². The molecule has 1 unspecified atom stereocenters. The monoisotopic (exact) mass is 1140 g/mol. The number of imidazole rings is 1. The Morgan fingerprint density at radius 2 is 1.36 bits per heavy atom. The van der Waals surface area contributed by atoms with Gasteiger partial charge in [-0.25, -0.2) is 0 Å². The van der Waals surface area contributed by atoms with E-state index in [9.17, 15) is 0 Å². The van der Waals surface area contributed by atoms with Crippen molar-refractivity contribution in [1.29, 1.82) is 0 Å². The Morgan fingerprint density at radius 3 is 2.03 bits per heavy atom. The zero-order valence-corrected chi connectivity index (χ0v) is 46.0. The number of rotatable bonds is 8. The van der Waals surface area contributed by atoms with Crippen LogP contribution in [0.5, 0.6) is 0 Å². The van der Waals surface area contributed by atoms with E-state index in [1.54, 1.807) is 0 Å². The van der Waals surface area contributed by atoms with Crippen molar-refractivity contribution in [2.45, 2.75) is 90.4 Å². The topological polar surface area (TPSA) is 30.7 Å². The fraction of sp³-hybridized carbons (Fsp3) is 0.246. The molecule has 0 saturated carbocycles. The summed E-state index contributed by atoms with van der Waals surface area (Å²) in [6, 6.07) is 58.6. The molecular formula is C61H61GeIrN3S-2. The van der Waals surface area contributed by atoms with Crippen molar-refractivity contribution >= 4 is 71.0 Å². The molecule has 0 N–H and O–H groups in total. The first-order valence-corrected chi connectivity index (χ1v) is 31.5. The molecule has 0 amide bonds. The van der Waals surface area contributed by atoms with E-state index in [0.717, 1.165) is 39.2 Å². The van der Waals surface area contributed by atoms with Crippen LogP contribution in [-0.2, 0) is 20.1 Å². The molecule has 10 aromatic rings. The number of fused-ring (bicyclic) bond motifs is 6. The molecule has 0 fully saturated rings. The van der Waals surface area contributed by atoms with Crippen LogP contribution in [0.15, 0.2) is 152 Å². The number of pyridine rings is 1. The summed E-state index contributed by atoms with van der Waals surface area (Å²) in [6.45, 7) is 17.7. The van der Waals surface area contributed by atoms with Gasteiger partial charge < -0.3 is 4.57 Å². The molecule has 0 aliphatic carbocycles. The van der Waals surface area contributed by atoms with Gasteiger partial charge in [0.25, 0.3) is 0 Å². The average Bonchev–Trinajstić information content (AvgIpc) is 3.90. The van der Waals surface area contributed by atoms with E-state index < -0.39 is 19.2 Å². The first-order valence-electron chi connectivity index (χ1n) is 23.9. The van der Waals surface area contributed by atoms with Crippen molar-refractivity contribution < 1.29 is 21.5 Å². The quantitative estimate of drug-likeness (QED) is 0.112. The van der Waals surface area contributed by atoms with E-state index >= 15 is 0 Å². The first-order chi connectivity index (χ1) is 31.9. The van der Waals surface area contributed by atoms with Crippen LogP contribution in [0.25, 0.3) is 81.4 Å². The maximum absolute atomic E-state index is 9.09. The zero-order chi connectivity index (χ0) is 47.4. The summed E-state index contributed by atoms with van der Waals surface area (Å²) in [4.78, 5) is 10.1. The molecule has 0 bridgehead atoms. The van der Waals surface area contributed by atoms with Crippen LogP contribution in [0.2, 0.25) is 17.3 Å². The molecule has 10 rings (SSSR count). The van der Waals surface area contributed by atoms with Crippen LogP contribution in [0.1, 0.15) is 91.2 Å². The molecule has 341 valence electrons. The fourth-order valence-corrected chi connectivity index (χ4v) is 13.6. The summed E-state index contributed by atoms with van der Waals surface area (Å²) in [6.07, 6.45) is 2.03. The smallest absolute Gasteiger partial charge is 0 e. The van der Waals surface area contributed by atoms with Gasteiger partial charge in [0.05, 0.1) is 16.9 Å². The van der Waals surface area contributed by atoms with E-state index in [2.05, 4.69) is 204 Å². The standard InChI is InChI=1S/C41H33N2S.C20H28GeN.Ir/c1-25(2)30-16-10-17-31(26(3)4)38(30)43-39-32-15-9-8-14-28(32)21-23-36(39)42-41(43)35-19-11-18-34-33-22-20-29(24-37(33)44-40(34)35)27-12-6-5-7-13-27;1-15(20(2,3)4)17-13-19(16-11-9-8-10-12-16)22-14-18(17)21(5,6)7;/h5-18,20-26H,1-4H3;8-11,13-15H,1-7H3;/q2*-1;/i;15D;. The number of hydrogen-bond donors (Lipinski definition) is 0. The van der Waals surface area contributed by atoms with Crippen molar-refractivity contribution in [1.82, 2.24) is 14.5 Å². The molecule has 1 radical (unpaired) electrons. The fourth-order valence-electron chi connectivity index (χ4n) is 9.18. The molecule has 1 atom stereocenters. The van der Waals surface area contributed by atoms with Crippen LogP contribution in [0.4, 0.5) is 0 Å². The second-order valence-electron chi connectivity index (χ2n) is 20.3. The Labute approximate surface area is 419 Å². The Hall–Kier alpha value is -5.17. The number of para-hydroxylation sites is 1. The molecule has 0 aliphatic heterocycles. The summed E-state index contributed by atoms with van der Waals surface area (Å²) in [7, 11) is 0. The van der Waals surface area contributed by atoms with E-state index in [4.69, 9.17) is 11.3 Å². The molecule has 0 aliphatic rings. The summed E-state index contributed by atoms with van der Waals surface area (Å²) in [5, 5.41) is 4.97.